The first-order valence-electron chi connectivity index (χ1n) is 5.49. The maximum atomic E-state index is 8.79. The zero-order chi connectivity index (χ0) is 11.7. The predicted octanol–water partition coefficient (Wildman–Crippen LogP) is 0.951. The van der Waals surface area contributed by atoms with Gasteiger partial charge in [0.2, 0.25) is 0 Å². The zero-order valence-electron chi connectivity index (χ0n) is 10.0. The first kappa shape index (κ1) is 14.8. The molecule has 0 heterocycles. The van der Waals surface area contributed by atoms with Crippen molar-refractivity contribution in [3.05, 3.63) is 0 Å². The van der Waals surface area contributed by atoms with E-state index in [-0.39, 0.29) is 24.9 Å². The maximum Gasteiger partial charge on any atom is 0.0701 e. The average molecular weight is 220 g/mol. The Labute approximate surface area is 92.2 Å². The summed E-state index contributed by atoms with van der Waals surface area (Å²) in [7, 11) is 0. The summed E-state index contributed by atoms with van der Waals surface area (Å²) in [5, 5.41) is 17.3. The Morgan fingerprint density at radius 1 is 1.13 bits per heavy atom. The topological polar surface area (TPSA) is 58.9 Å². The van der Waals surface area contributed by atoms with E-state index in [1.54, 1.807) is 0 Å². The largest absolute Gasteiger partial charge is 0.396 e. The average Bonchev–Trinajstić information content (AvgIpc) is 2.14. The molecule has 0 spiro atoms. The van der Waals surface area contributed by atoms with Crippen molar-refractivity contribution >= 4 is 0 Å². The smallest absolute Gasteiger partial charge is 0.0701 e. The second kappa shape index (κ2) is 8.05. The molecule has 0 radical (unpaired) electrons. The van der Waals surface area contributed by atoms with E-state index in [1.165, 1.54) is 0 Å². The molecule has 0 aliphatic carbocycles. The van der Waals surface area contributed by atoms with E-state index in [2.05, 4.69) is 0 Å². The monoisotopic (exact) mass is 220 g/mol. The van der Waals surface area contributed by atoms with Crippen molar-refractivity contribution in [1.82, 2.24) is 0 Å². The summed E-state index contributed by atoms with van der Waals surface area (Å²) in [6, 6.07) is 0. The van der Waals surface area contributed by atoms with Crippen LogP contribution in [-0.4, -0.2) is 48.3 Å². The number of aliphatic hydroxyl groups excluding tert-OH is 2. The van der Waals surface area contributed by atoms with Crippen LogP contribution in [-0.2, 0) is 9.47 Å². The number of aliphatic hydroxyl groups is 2. The maximum absolute atomic E-state index is 8.79. The summed E-state index contributed by atoms with van der Waals surface area (Å²) in [5.74, 6) is 0. The number of rotatable bonds is 9. The molecule has 0 aromatic carbocycles. The van der Waals surface area contributed by atoms with Crippen molar-refractivity contribution in [2.45, 2.75) is 45.3 Å². The van der Waals surface area contributed by atoms with Crippen LogP contribution in [0, 0.1) is 0 Å². The first-order chi connectivity index (χ1) is 7.02. The van der Waals surface area contributed by atoms with E-state index in [9.17, 15) is 0 Å². The quantitative estimate of drug-likeness (QED) is 0.607. The van der Waals surface area contributed by atoms with Crippen LogP contribution in [0.3, 0.4) is 0 Å². The van der Waals surface area contributed by atoms with Crippen molar-refractivity contribution < 1.29 is 19.7 Å². The molecule has 0 bridgehead atoms. The Hall–Kier alpha value is -0.160. The van der Waals surface area contributed by atoms with Crippen LogP contribution in [0.2, 0.25) is 0 Å². The third kappa shape index (κ3) is 8.81. The number of hydrogen-bond acceptors (Lipinski definition) is 4. The molecule has 92 valence electrons. The lowest BCUT2D eigenvalue weighted by Gasteiger charge is -2.25. The minimum atomic E-state index is -0.272. The molecular formula is C11H24O4. The molecular weight excluding hydrogens is 196 g/mol. The van der Waals surface area contributed by atoms with Gasteiger partial charge in [0, 0.05) is 13.2 Å². The highest BCUT2D eigenvalue weighted by Crippen LogP contribution is 2.14. The van der Waals surface area contributed by atoms with E-state index >= 15 is 0 Å². The first-order valence-corrected chi connectivity index (χ1v) is 5.49. The van der Waals surface area contributed by atoms with Gasteiger partial charge < -0.3 is 19.7 Å². The number of ether oxygens (including phenoxy) is 2. The molecule has 1 atom stereocenters. The Bertz CT molecular complexity index is 148. The van der Waals surface area contributed by atoms with E-state index < -0.39 is 0 Å². The summed E-state index contributed by atoms with van der Waals surface area (Å²) in [6.07, 6.45) is 1.54. The van der Waals surface area contributed by atoms with Crippen LogP contribution in [0.4, 0.5) is 0 Å². The summed E-state index contributed by atoms with van der Waals surface area (Å²) in [4.78, 5) is 0. The van der Waals surface area contributed by atoms with Gasteiger partial charge in [-0.2, -0.15) is 0 Å². The fourth-order valence-electron chi connectivity index (χ4n) is 1.18. The fraction of sp³-hybridized carbons (Fsp3) is 1.00. The molecule has 15 heavy (non-hydrogen) atoms. The minimum Gasteiger partial charge on any atom is -0.396 e. The molecule has 0 aromatic rings. The SMILES string of the molecule is CC(CCOC(C)(C)CCO)OCCO. The molecule has 0 rings (SSSR count). The van der Waals surface area contributed by atoms with Gasteiger partial charge in [-0.1, -0.05) is 0 Å². The molecule has 0 aromatic heterocycles. The van der Waals surface area contributed by atoms with E-state index in [0.717, 1.165) is 6.42 Å². The second-order valence-corrected chi connectivity index (χ2v) is 4.28. The lowest BCUT2D eigenvalue weighted by molar-refractivity contribution is -0.0524. The van der Waals surface area contributed by atoms with Crippen LogP contribution in [0.15, 0.2) is 0 Å². The molecule has 0 fully saturated rings. The van der Waals surface area contributed by atoms with Crippen LogP contribution < -0.4 is 0 Å². The van der Waals surface area contributed by atoms with Crippen molar-refractivity contribution in [2.24, 2.45) is 0 Å². The fourth-order valence-corrected chi connectivity index (χ4v) is 1.18. The van der Waals surface area contributed by atoms with Gasteiger partial charge in [-0.25, -0.2) is 0 Å². The summed E-state index contributed by atoms with van der Waals surface area (Å²) >= 11 is 0. The van der Waals surface area contributed by atoms with E-state index in [0.29, 0.717) is 19.6 Å². The van der Waals surface area contributed by atoms with Crippen LogP contribution in [0.25, 0.3) is 0 Å². The Morgan fingerprint density at radius 3 is 2.33 bits per heavy atom. The van der Waals surface area contributed by atoms with Crippen LogP contribution in [0.1, 0.15) is 33.6 Å². The lowest BCUT2D eigenvalue weighted by atomic mass is 10.1. The highest BCUT2D eigenvalue weighted by molar-refractivity contribution is 4.67. The summed E-state index contributed by atoms with van der Waals surface area (Å²) in [5.41, 5.74) is -0.272. The Morgan fingerprint density at radius 2 is 1.80 bits per heavy atom. The third-order valence-corrected chi connectivity index (χ3v) is 2.22. The molecule has 0 aliphatic heterocycles. The zero-order valence-corrected chi connectivity index (χ0v) is 10.0. The second-order valence-electron chi connectivity index (χ2n) is 4.28. The van der Waals surface area contributed by atoms with Crippen LogP contribution >= 0.6 is 0 Å². The lowest BCUT2D eigenvalue weighted by Crippen LogP contribution is -2.27. The van der Waals surface area contributed by atoms with E-state index in [4.69, 9.17) is 19.7 Å². The molecule has 1 unspecified atom stereocenters. The van der Waals surface area contributed by atoms with Gasteiger partial charge in [-0.05, 0) is 33.6 Å². The Balaban J connectivity index is 3.51. The molecule has 0 aliphatic rings. The molecule has 0 amide bonds. The highest BCUT2D eigenvalue weighted by atomic mass is 16.5. The highest BCUT2D eigenvalue weighted by Gasteiger charge is 2.17. The van der Waals surface area contributed by atoms with Crippen molar-refractivity contribution in [3.8, 4) is 0 Å². The minimum absolute atomic E-state index is 0.0567. The molecule has 2 N–H and O–H groups in total. The van der Waals surface area contributed by atoms with Gasteiger partial charge in [-0.15, -0.1) is 0 Å². The van der Waals surface area contributed by atoms with Gasteiger partial charge in [0.15, 0.2) is 0 Å². The molecule has 4 nitrogen and oxygen atoms in total. The van der Waals surface area contributed by atoms with Gasteiger partial charge in [0.05, 0.1) is 24.9 Å². The molecule has 0 saturated carbocycles. The van der Waals surface area contributed by atoms with Crippen molar-refractivity contribution in [3.63, 3.8) is 0 Å². The van der Waals surface area contributed by atoms with Gasteiger partial charge in [-0.3, -0.25) is 0 Å². The van der Waals surface area contributed by atoms with Crippen molar-refractivity contribution in [1.29, 1.82) is 0 Å². The van der Waals surface area contributed by atoms with Gasteiger partial charge in [0.25, 0.3) is 0 Å². The normalized spacial score (nSPS) is 14.2. The predicted molar refractivity (Wildman–Crippen MR) is 58.9 cm³/mol. The summed E-state index contributed by atoms with van der Waals surface area (Å²) < 4.78 is 10.9. The van der Waals surface area contributed by atoms with Gasteiger partial charge in [0.1, 0.15) is 0 Å². The standard InChI is InChI=1S/C11H24O4/c1-10(14-9-7-13)4-8-15-11(2,3)5-6-12/h10,12-13H,4-9H2,1-3H3. The molecule has 4 heteroatoms. The third-order valence-electron chi connectivity index (χ3n) is 2.22. The summed E-state index contributed by atoms with van der Waals surface area (Å²) in [6.45, 7) is 7.06. The Kier molecular flexibility index (Phi) is 7.96. The molecule has 0 saturated heterocycles. The van der Waals surface area contributed by atoms with E-state index in [1.807, 2.05) is 20.8 Å². The number of hydrogen-bond donors (Lipinski definition) is 2. The van der Waals surface area contributed by atoms with Gasteiger partial charge >= 0.3 is 0 Å². The van der Waals surface area contributed by atoms with Crippen LogP contribution in [0.5, 0.6) is 0 Å². The van der Waals surface area contributed by atoms with Crippen molar-refractivity contribution in [2.75, 3.05) is 26.4 Å².